The Bertz CT molecular complexity index is 165. The average molecular weight is 190 g/mol. The summed E-state index contributed by atoms with van der Waals surface area (Å²) in [5, 5.41) is 0. The predicted molar refractivity (Wildman–Crippen MR) is 35.2 cm³/mol. The van der Waals surface area contributed by atoms with Crippen molar-refractivity contribution in [3.63, 3.8) is 0 Å². The standard InChI is InChI=1S/C5H12O4S.Na/c1-2-3-4-5-9-10(6,7)8;/h2-5H2,1H3,(H,6,7,8);/q;+1/p-1. The van der Waals surface area contributed by atoms with E-state index in [2.05, 4.69) is 4.18 Å². The Hall–Kier alpha value is 0.870. The molecule has 11 heavy (non-hydrogen) atoms. The molecule has 0 radical (unpaired) electrons. The van der Waals surface area contributed by atoms with E-state index in [1.54, 1.807) is 0 Å². The second kappa shape index (κ2) is 7.52. The van der Waals surface area contributed by atoms with Crippen molar-refractivity contribution in [1.29, 1.82) is 0 Å². The summed E-state index contributed by atoms with van der Waals surface area (Å²) >= 11 is 0. The Morgan fingerprint density at radius 3 is 2.27 bits per heavy atom. The normalized spacial score (nSPS) is 10.7. The minimum Gasteiger partial charge on any atom is -0.726 e. The van der Waals surface area contributed by atoms with Gasteiger partial charge in [0.25, 0.3) is 0 Å². The van der Waals surface area contributed by atoms with Crippen LogP contribution in [0.1, 0.15) is 26.2 Å². The quantitative estimate of drug-likeness (QED) is 0.211. The third kappa shape index (κ3) is 13.8. The zero-order chi connectivity index (χ0) is 8.04. The molecule has 0 aromatic heterocycles. The molecule has 0 saturated carbocycles. The average Bonchev–Trinajstić information content (AvgIpc) is 1.78. The van der Waals surface area contributed by atoms with Gasteiger partial charge in [-0.2, -0.15) is 0 Å². The number of rotatable bonds is 5. The van der Waals surface area contributed by atoms with Crippen molar-refractivity contribution < 1.29 is 46.7 Å². The van der Waals surface area contributed by atoms with Gasteiger partial charge in [0.1, 0.15) is 0 Å². The molecule has 0 aromatic carbocycles. The molecule has 0 N–H and O–H groups in total. The van der Waals surface area contributed by atoms with E-state index in [0.717, 1.165) is 12.8 Å². The fourth-order valence-corrected chi connectivity index (χ4v) is 0.835. The first kappa shape index (κ1) is 14.4. The summed E-state index contributed by atoms with van der Waals surface area (Å²) in [6.45, 7) is 1.99. The van der Waals surface area contributed by atoms with Crippen molar-refractivity contribution in [2.24, 2.45) is 0 Å². The molecule has 0 bridgehead atoms. The van der Waals surface area contributed by atoms with Gasteiger partial charge >= 0.3 is 29.6 Å². The van der Waals surface area contributed by atoms with E-state index in [1.165, 1.54) is 0 Å². The molecule has 0 fully saturated rings. The summed E-state index contributed by atoms with van der Waals surface area (Å²) in [5.74, 6) is 0. The second-order valence-corrected chi connectivity index (χ2v) is 2.99. The Morgan fingerprint density at radius 1 is 1.36 bits per heavy atom. The van der Waals surface area contributed by atoms with Gasteiger partial charge in [0.15, 0.2) is 0 Å². The van der Waals surface area contributed by atoms with Crippen LogP contribution in [0.15, 0.2) is 0 Å². The molecule has 0 aliphatic rings. The van der Waals surface area contributed by atoms with Crippen LogP contribution < -0.4 is 29.6 Å². The first-order chi connectivity index (χ1) is 4.56. The minimum atomic E-state index is -4.45. The summed E-state index contributed by atoms with van der Waals surface area (Å²) in [4.78, 5) is 0. The van der Waals surface area contributed by atoms with Crippen LogP contribution in [-0.4, -0.2) is 19.6 Å². The summed E-state index contributed by atoms with van der Waals surface area (Å²) in [6.07, 6.45) is 2.48. The van der Waals surface area contributed by atoms with Gasteiger partial charge in [0, 0.05) is 0 Å². The van der Waals surface area contributed by atoms with Gasteiger partial charge in [-0.3, -0.25) is 4.18 Å². The molecule has 0 spiro atoms. The maximum atomic E-state index is 9.82. The SMILES string of the molecule is CCCCCOS(=O)(=O)[O-].[Na+]. The molecule has 0 atom stereocenters. The molecule has 4 nitrogen and oxygen atoms in total. The van der Waals surface area contributed by atoms with E-state index < -0.39 is 10.4 Å². The van der Waals surface area contributed by atoms with Crippen molar-refractivity contribution in [3.05, 3.63) is 0 Å². The van der Waals surface area contributed by atoms with E-state index in [-0.39, 0.29) is 36.2 Å². The minimum absolute atomic E-state index is 0. The number of hydrogen-bond acceptors (Lipinski definition) is 4. The molecule has 0 saturated heterocycles. The molecular weight excluding hydrogens is 179 g/mol. The fourth-order valence-electron chi connectivity index (χ4n) is 0.513. The van der Waals surface area contributed by atoms with Gasteiger partial charge in [-0.15, -0.1) is 0 Å². The topological polar surface area (TPSA) is 66.4 Å². The third-order valence-electron chi connectivity index (χ3n) is 0.976. The first-order valence-electron chi connectivity index (χ1n) is 3.16. The van der Waals surface area contributed by atoms with Gasteiger partial charge in [0.05, 0.1) is 6.61 Å². The third-order valence-corrected chi connectivity index (χ3v) is 1.43. The Balaban J connectivity index is 0. The summed E-state index contributed by atoms with van der Waals surface area (Å²) < 4.78 is 33.4. The molecule has 0 unspecified atom stereocenters. The maximum Gasteiger partial charge on any atom is 1.00 e. The zero-order valence-electron chi connectivity index (χ0n) is 6.87. The Labute approximate surface area is 89.6 Å². The van der Waals surface area contributed by atoms with E-state index in [0.29, 0.717) is 6.42 Å². The first-order valence-corrected chi connectivity index (χ1v) is 4.50. The molecule has 0 rings (SSSR count). The van der Waals surface area contributed by atoms with Gasteiger partial charge in [-0.25, -0.2) is 8.42 Å². The van der Waals surface area contributed by atoms with Gasteiger partial charge in [-0.05, 0) is 6.42 Å². The number of hydrogen-bond donors (Lipinski definition) is 0. The molecule has 0 aliphatic carbocycles. The van der Waals surface area contributed by atoms with Gasteiger partial charge < -0.3 is 4.55 Å². The van der Waals surface area contributed by atoms with Crippen molar-refractivity contribution in [1.82, 2.24) is 0 Å². The Kier molecular flexibility index (Phi) is 9.84. The molecule has 6 heteroatoms. The van der Waals surface area contributed by atoms with Crippen LogP contribution in [0.25, 0.3) is 0 Å². The molecule has 0 heterocycles. The van der Waals surface area contributed by atoms with E-state index in [1.807, 2.05) is 6.92 Å². The summed E-state index contributed by atoms with van der Waals surface area (Å²) in [5.41, 5.74) is 0. The number of unbranched alkanes of at least 4 members (excludes halogenated alkanes) is 2. The fraction of sp³-hybridized carbons (Fsp3) is 1.00. The maximum absolute atomic E-state index is 9.82. The van der Waals surface area contributed by atoms with E-state index in [4.69, 9.17) is 0 Å². The monoisotopic (exact) mass is 190 g/mol. The summed E-state index contributed by atoms with van der Waals surface area (Å²) in [6, 6.07) is 0. The molecule has 62 valence electrons. The van der Waals surface area contributed by atoms with Crippen molar-refractivity contribution >= 4 is 10.4 Å². The molecule has 0 aliphatic heterocycles. The van der Waals surface area contributed by atoms with Crippen LogP contribution in [0, 0.1) is 0 Å². The van der Waals surface area contributed by atoms with E-state index >= 15 is 0 Å². The molecule has 0 amide bonds. The van der Waals surface area contributed by atoms with Crippen LogP contribution in [0.4, 0.5) is 0 Å². The molecule has 0 aromatic rings. The van der Waals surface area contributed by atoms with Crippen LogP contribution >= 0.6 is 0 Å². The summed E-state index contributed by atoms with van der Waals surface area (Å²) in [7, 11) is -4.45. The zero-order valence-corrected chi connectivity index (χ0v) is 9.69. The van der Waals surface area contributed by atoms with Crippen LogP contribution in [0.5, 0.6) is 0 Å². The van der Waals surface area contributed by atoms with E-state index in [9.17, 15) is 13.0 Å². The Morgan fingerprint density at radius 2 is 1.91 bits per heavy atom. The predicted octanol–water partition coefficient (Wildman–Crippen LogP) is -2.34. The van der Waals surface area contributed by atoms with Gasteiger partial charge in [0.2, 0.25) is 10.4 Å². The van der Waals surface area contributed by atoms with Crippen LogP contribution in [0.2, 0.25) is 0 Å². The smallest absolute Gasteiger partial charge is 0.726 e. The second-order valence-electron chi connectivity index (χ2n) is 1.94. The van der Waals surface area contributed by atoms with Crippen LogP contribution in [0.3, 0.4) is 0 Å². The van der Waals surface area contributed by atoms with Gasteiger partial charge in [-0.1, -0.05) is 19.8 Å². The van der Waals surface area contributed by atoms with Crippen molar-refractivity contribution in [2.75, 3.05) is 6.61 Å². The van der Waals surface area contributed by atoms with Crippen LogP contribution in [-0.2, 0) is 14.6 Å². The van der Waals surface area contributed by atoms with Crippen molar-refractivity contribution in [3.8, 4) is 0 Å². The largest absolute Gasteiger partial charge is 1.00 e. The molecular formula is C5H11NaO4S. The van der Waals surface area contributed by atoms with Crippen molar-refractivity contribution in [2.45, 2.75) is 26.2 Å².